The number of piperidine rings is 1. The Labute approximate surface area is 112 Å². The van der Waals surface area contributed by atoms with E-state index in [2.05, 4.69) is 44.1 Å². The van der Waals surface area contributed by atoms with Gasteiger partial charge in [-0.2, -0.15) is 0 Å². The summed E-state index contributed by atoms with van der Waals surface area (Å²) in [6, 6.07) is 2.79. The van der Waals surface area contributed by atoms with Crippen molar-refractivity contribution in [2.45, 2.75) is 32.4 Å². The number of hydrogen-bond donors (Lipinski definition) is 1. The molecule has 1 N–H and O–H groups in total. The molecule has 0 atom stereocenters. The van der Waals surface area contributed by atoms with Crippen LogP contribution >= 0.6 is 15.9 Å². The lowest BCUT2D eigenvalue weighted by atomic mass is 10.0. The Morgan fingerprint density at radius 1 is 1.41 bits per heavy atom. The fraction of sp³-hybridized carbons (Fsp3) is 0.615. The second kappa shape index (κ2) is 6.47. The van der Waals surface area contributed by atoms with E-state index in [-0.39, 0.29) is 0 Å². The number of pyridine rings is 1. The Bertz CT molecular complexity index is 348. The summed E-state index contributed by atoms with van der Waals surface area (Å²) >= 11 is 3.45. The second-order valence-electron chi connectivity index (χ2n) is 4.60. The van der Waals surface area contributed by atoms with Crippen molar-refractivity contribution in [3.05, 3.63) is 28.5 Å². The Kier molecular flexibility index (Phi) is 4.95. The molecule has 1 aromatic heterocycles. The molecule has 2 rings (SSSR count). The van der Waals surface area contributed by atoms with Crippen LogP contribution in [0, 0.1) is 0 Å². The van der Waals surface area contributed by atoms with Crippen LogP contribution in [0.4, 0.5) is 0 Å². The second-order valence-corrected chi connectivity index (χ2v) is 5.52. The van der Waals surface area contributed by atoms with Gasteiger partial charge in [-0.05, 0) is 60.0 Å². The number of aromatic nitrogens is 1. The van der Waals surface area contributed by atoms with Gasteiger partial charge in [0.1, 0.15) is 0 Å². The van der Waals surface area contributed by atoms with Gasteiger partial charge in [-0.3, -0.25) is 4.98 Å². The van der Waals surface area contributed by atoms with Gasteiger partial charge in [0.05, 0.1) is 0 Å². The zero-order valence-corrected chi connectivity index (χ0v) is 11.9. The molecular weight excluding hydrogens is 278 g/mol. The highest BCUT2D eigenvalue weighted by atomic mass is 79.9. The van der Waals surface area contributed by atoms with E-state index in [0.29, 0.717) is 6.04 Å². The lowest BCUT2D eigenvalue weighted by Gasteiger charge is -2.31. The van der Waals surface area contributed by atoms with Crippen LogP contribution in [0.1, 0.15) is 25.3 Å². The molecule has 4 heteroatoms. The van der Waals surface area contributed by atoms with Crippen molar-refractivity contribution >= 4 is 15.9 Å². The monoisotopic (exact) mass is 297 g/mol. The standard InChI is InChI=1S/C13H20BrN3/c1-2-17-5-3-13(4-6-17)16-9-11-7-12(14)10-15-8-11/h7-8,10,13,16H,2-6,9H2,1H3. The van der Waals surface area contributed by atoms with Crippen LogP contribution in [0.15, 0.2) is 22.9 Å². The third-order valence-corrected chi connectivity index (χ3v) is 3.82. The lowest BCUT2D eigenvalue weighted by Crippen LogP contribution is -2.42. The van der Waals surface area contributed by atoms with Gasteiger partial charge in [0.15, 0.2) is 0 Å². The molecule has 0 spiro atoms. The molecule has 1 fully saturated rings. The Balaban J connectivity index is 1.76. The molecule has 0 saturated carbocycles. The van der Waals surface area contributed by atoms with Gasteiger partial charge >= 0.3 is 0 Å². The molecule has 0 radical (unpaired) electrons. The van der Waals surface area contributed by atoms with E-state index >= 15 is 0 Å². The minimum Gasteiger partial charge on any atom is -0.310 e. The molecule has 0 unspecified atom stereocenters. The summed E-state index contributed by atoms with van der Waals surface area (Å²) in [4.78, 5) is 6.69. The first-order chi connectivity index (χ1) is 8.28. The SMILES string of the molecule is CCN1CCC(NCc2cncc(Br)c2)CC1. The van der Waals surface area contributed by atoms with Gasteiger partial charge in [0, 0.05) is 29.5 Å². The molecule has 0 aliphatic carbocycles. The normalized spacial score (nSPS) is 18.5. The zero-order chi connectivity index (χ0) is 12.1. The maximum Gasteiger partial charge on any atom is 0.0410 e. The molecule has 0 aromatic carbocycles. The van der Waals surface area contributed by atoms with Crippen LogP contribution in [0.5, 0.6) is 0 Å². The minimum atomic E-state index is 0.664. The molecule has 0 bridgehead atoms. The Morgan fingerprint density at radius 3 is 2.82 bits per heavy atom. The number of halogens is 1. The van der Waals surface area contributed by atoms with Crippen LogP contribution in [-0.2, 0) is 6.54 Å². The summed E-state index contributed by atoms with van der Waals surface area (Å²) in [5, 5.41) is 3.62. The fourth-order valence-electron chi connectivity index (χ4n) is 2.27. The van der Waals surface area contributed by atoms with Gasteiger partial charge in [0.2, 0.25) is 0 Å². The van der Waals surface area contributed by atoms with E-state index in [4.69, 9.17) is 0 Å². The molecular formula is C13H20BrN3. The van der Waals surface area contributed by atoms with E-state index < -0.39 is 0 Å². The third-order valence-electron chi connectivity index (χ3n) is 3.39. The maximum absolute atomic E-state index is 4.18. The summed E-state index contributed by atoms with van der Waals surface area (Å²) in [6.45, 7) is 6.79. The molecule has 1 aliphatic heterocycles. The van der Waals surface area contributed by atoms with Crippen LogP contribution in [0.3, 0.4) is 0 Å². The van der Waals surface area contributed by atoms with Crippen molar-refractivity contribution in [1.29, 1.82) is 0 Å². The first-order valence-electron chi connectivity index (χ1n) is 6.33. The number of rotatable bonds is 4. The fourth-order valence-corrected chi connectivity index (χ4v) is 2.68. The lowest BCUT2D eigenvalue weighted by molar-refractivity contribution is 0.206. The van der Waals surface area contributed by atoms with Crippen molar-refractivity contribution in [3.63, 3.8) is 0 Å². The molecule has 3 nitrogen and oxygen atoms in total. The average molecular weight is 298 g/mol. The van der Waals surface area contributed by atoms with Gasteiger partial charge in [-0.1, -0.05) is 6.92 Å². The molecule has 1 aromatic rings. The first kappa shape index (κ1) is 13.0. The van der Waals surface area contributed by atoms with Gasteiger partial charge in [0.25, 0.3) is 0 Å². The molecule has 17 heavy (non-hydrogen) atoms. The summed E-state index contributed by atoms with van der Waals surface area (Å²) in [6.07, 6.45) is 6.27. The first-order valence-corrected chi connectivity index (χ1v) is 7.12. The van der Waals surface area contributed by atoms with E-state index in [1.807, 2.05) is 12.4 Å². The van der Waals surface area contributed by atoms with Gasteiger partial charge in [-0.25, -0.2) is 0 Å². The van der Waals surface area contributed by atoms with Gasteiger partial charge in [-0.15, -0.1) is 0 Å². The minimum absolute atomic E-state index is 0.664. The van der Waals surface area contributed by atoms with Crippen molar-refractivity contribution < 1.29 is 0 Å². The summed E-state index contributed by atoms with van der Waals surface area (Å²) in [5.41, 5.74) is 1.25. The van der Waals surface area contributed by atoms with E-state index in [1.54, 1.807) is 0 Å². The predicted octanol–water partition coefficient (Wildman–Crippen LogP) is 2.42. The van der Waals surface area contributed by atoms with Crippen LogP contribution in [-0.4, -0.2) is 35.6 Å². The van der Waals surface area contributed by atoms with E-state index in [0.717, 1.165) is 11.0 Å². The summed E-state index contributed by atoms with van der Waals surface area (Å²) in [5.74, 6) is 0. The number of nitrogens with one attached hydrogen (secondary N) is 1. The predicted molar refractivity (Wildman–Crippen MR) is 73.9 cm³/mol. The van der Waals surface area contributed by atoms with Crippen LogP contribution in [0.2, 0.25) is 0 Å². The maximum atomic E-state index is 4.18. The highest BCUT2D eigenvalue weighted by molar-refractivity contribution is 9.10. The number of likely N-dealkylation sites (tertiary alicyclic amines) is 1. The van der Waals surface area contributed by atoms with Crippen LogP contribution in [0.25, 0.3) is 0 Å². The number of nitrogens with zero attached hydrogens (tertiary/aromatic N) is 2. The Morgan fingerprint density at radius 2 is 2.18 bits per heavy atom. The topological polar surface area (TPSA) is 28.2 Å². The highest BCUT2D eigenvalue weighted by Crippen LogP contribution is 2.12. The van der Waals surface area contributed by atoms with Crippen molar-refractivity contribution in [2.75, 3.05) is 19.6 Å². The average Bonchev–Trinajstić information content (AvgIpc) is 2.37. The quantitative estimate of drug-likeness (QED) is 0.925. The third kappa shape index (κ3) is 4.05. The molecule has 0 amide bonds. The highest BCUT2D eigenvalue weighted by Gasteiger charge is 2.17. The molecule has 94 valence electrons. The molecule has 1 saturated heterocycles. The van der Waals surface area contributed by atoms with Crippen molar-refractivity contribution in [3.8, 4) is 0 Å². The molecule has 1 aliphatic rings. The number of hydrogen-bond acceptors (Lipinski definition) is 3. The summed E-state index contributed by atoms with van der Waals surface area (Å²) in [7, 11) is 0. The van der Waals surface area contributed by atoms with Crippen molar-refractivity contribution in [2.24, 2.45) is 0 Å². The van der Waals surface area contributed by atoms with Gasteiger partial charge < -0.3 is 10.2 Å². The molecule has 2 heterocycles. The van der Waals surface area contributed by atoms with Crippen molar-refractivity contribution in [1.82, 2.24) is 15.2 Å². The Hall–Kier alpha value is -0.450. The largest absolute Gasteiger partial charge is 0.310 e. The van der Waals surface area contributed by atoms with Crippen LogP contribution < -0.4 is 5.32 Å². The van der Waals surface area contributed by atoms with E-state index in [9.17, 15) is 0 Å². The smallest absolute Gasteiger partial charge is 0.0410 e. The summed E-state index contributed by atoms with van der Waals surface area (Å²) < 4.78 is 1.05. The zero-order valence-electron chi connectivity index (χ0n) is 10.3. The van der Waals surface area contributed by atoms with E-state index in [1.165, 1.54) is 38.0 Å².